The highest BCUT2D eigenvalue weighted by Gasteiger charge is 2.11. The number of aliphatic hydroxyl groups excluding tert-OH is 1. The van der Waals surface area contributed by atoms with Crippen LogP contribution in [0.25, 0.3) is 0 Å². The standard InChI is InChI=1S/C14H18N2O3/c1-3-16-8-7-15-13(16)10-19-14-11(9-17)5-4-6-12(14)18-2/h4-8,17H,3,9-10H2,1-2H3. The lowest BCUT2D eigenvalue weighted by atomic mass is 10.2. The number of benzene rings is 1. The second kappa shape index (κ2) is 6.24. The molecule has 19 heavy (non-hydrogen) atoms. The van der Waals surface area contributed by atoms with Gasteiger partial charge in [0.15, 0.2) is 11.5 Å². The summed E-state index contributed by atoms with van der Waals surface area (Å²) >= 11 is 0. The van der Waals surface area contributed by atoms with E-state index in [2.05, 4.69) is 4.98 Å². The number of aliphatic hydroxyl groups is 1. The number of rotatable bonds is 6. The zero-order valence-corrected chi connectivity index (χ0v) is 11.2. The smallest absolute Gasteiger partial charge is 0.167 e. The Labute approximate surface area is 112 Å². The summed E-state index contributed by atoms with van der Waals surface area (Å²) in [4.78, 5) is 4.25. The van der Waals surface area contributed by atoms with Crippen molar-refractivity contribution in [2.24, 2.45) is 0 Å². The monoisotopic (exact) mass is 262 g/mol. The van der Waals surface area contributed by atoms with Gasteiger partial charge < -0.3 is 19.1 Å². The maximum absolute atomic E-state index is 9.34. The zero-order valence-electron chi connectivity index (χ0n) is 11.2. The molecule has 0 amide bonds. The van der Waals surface area contributed by atoms with E-state index >= 15 is 0 Å². The van der Waals surface area contributed by atoms with E-state index in [1.54, 1.807) is 19.4 Å². The van der Waals surface area contributed by atoms with Crippen LogP contribution in [0.4, 0.5) is 0 Å². The molecule has 102 valence electrons. The van der Waals surface area contributed by atoms with Crippen LogP contribution in [-0.4, -0.2) is 21.8 Å². The molecule has 1 aromatic carbocycles. The molecule has 0 atom stereocenters. The van der Waals surface area contributed by atoms with E-state index in [-0.39, 0.29) is 6.61 Å². The number of ether oxygens (including phenoxy) is 2. The Bertz CT molecular complexity index is 515. The second-order valence-corrected chi connectivity index (χ2v) is 4.02. The van der Waals surface area contributed by atoms with Gasteiger partial charge in [-0.15, -0.1) is 0 Å². The average molecular weight is 262 g/mol. The van der Waals surface area contributed by atoms with Crippen LogP contribution < -0.4 is 9.47 Å². The zero-order chi connectivity index (χ0) is 13.7. The molecule has 2 rings (SSSR count). The van der Waals surface area contributed by atoms with Crippen LogP contribution in [-0.2, 0) is 19.8 Å². The summed E-state index contributed by atoms with van der Waals surface area (Å²) in [5, 5.41) is 9.34. The molecule has 5 heteroatoms. The SMILES string of the molecule is CCn1ccnc1COc1c(CO)cccc1OC. The van der Waals surface area contributed by atoms with Gasteiger partial charge in [0.2, 0.25) is 0 Å². The second-order valence-electron chi connectivity index (χ2n) is 4.02. The van der Waals surface area contributed by atoms with Gasteiger partial charge >= 0.3 is 0 Å². The van der Waals surface area contributed by atoms with Crippen molar-refractivity contribution in [3.05, 3.63) is 42.0 Å². The van der Waals surface area contributed by atoms with Gasteiger partial charge in [-0.05, 0) is 13.0 Å². The molecule has 0 aliphatic rings. The van der Waals surface area contributed by atoms with Crippen LogP contribution >= 0.6 is 0 Å². The van der Waals surface area contributed by atoms with Crippen molar-refractivity contribution in [2.75, 3.05) is 7.11 Å². The van der Waals surface area contributed by atoms with Crippen LogP contribution in [0.2, 0.25) is 0 Å². The van der Waals surface area contributed by atoms with Gasteiger partial charge in [-0.25, -0.2) is 4.98 Å². The van der Waals surface area contributed by atoms with E-state index in [1.165, 1.54) is 0 Å². The van der Waals surface area contributed by atoms with E-state index in [1.807, 2.05) is 29.8 Å². The van der Waals surface area contributed by atoms with Crippen molar-refractivity contribution >= 4 is 0 Å². The first-order chi connectivity index (χ1) is 9.30. The summed E-state index contributed by atoms with van der Waals surface area (Å²) in [5.41, 5.74) is 0.703. The molecule has 1 aromatic heterocycles. The van der Waals surface area contributed by atoms with E-state index in [9.17, 15) is 5.11 Å². The molecule has 2 aromatic rings. The Morgan fingerprint density at radius 2 is 2.21 bits per heavy atom. The van der Waals surface area contributed by atoms with Gasteiger partial charge in [-0.2, -0.15) is 0 Å². The van der Waals surface area contributed by atoms with Crippen LogP contribution in [0.3, 0.4) is 0 Å². The Kier molecular flexibility index (Phi) is 4.41. The molecule has 0 saturated carbocycles. The van der Waals surface area contributed by atoms with Gasteiger partial charge in [0.1, 0.15) is 12.4 Å². The summed E-state index contributed by atoms with van der Waals surface area (Å²) in [5.74, 6) is 2.02. The topological polar surface area (TPSA) is 56.5 Å². The van der Waals surface area contributed by atoms with Gasteiger partial charge in [-0.1, -0.05) is 12.1 Å². The molecule has 0 spiro atoms. The van der Waals surface area contributed by atoms with Gasteiger partial charge in [-0.3, -0.25) is 0 Å². The van der Waals surface area contributed by atoms with E-state index in [4.69, 9.17) is 9.47 Å². The first kappa shape index (κ1) is 13.4. The lowest BCUT2D eigenvalue weighted by molar-refractivity contribution is 0.244. The van der Waals surface area contributed by atoms with E-state index < -0.39 is 0 Å². The molecular weight excluding hydrogens is 244 g/mol. The molecule has 0 aliphatic carbocycles. The molecule has 0 aliphatic heterocycles. The third kappa shape index (κ3) is 2.88. The number of methoxy groups -OCH3 is 1. The Balaban J connectivity index is 2.19. The summed E-state index contributed by atoms with van der Waals surface area (Å²) in [6, 6.07) is 5.44. The highest BCUT2D eigenvalue weighted by atomic mass is 16.5. The fourth-order valence-electron chi connectivity index (χ4n) is 1.92. The van der Waals surface area contributed by atoms with Crippen LogP contribution in [0, 0.1) is 0 Å². The number of hydrogen-bond acceptors (Lipinski definition) is 4. The van der Waals surface area contributed by atoms with E-state index in [0.717, 1.165) is 12.4 Å². The van der Waals surface area contributed by atoms with Crippen molar-refractivity contribution in [2.45, 2.75) is 26.7 Å². The molecule has 0 radical (unpaired) electrons. The number of hydrogen-bond donors (Lipinski definition) is 1. The lowest BCUT2D eigenvalue weighted by Gasteiger charge is -2.14. The van der Waals surface area contributed by atoms with Crippen molar-refractivity contribution in [1.82, 2.24) is 9.55 Å². The minimum absolute atomic E-state index is 0.0885. The maximum atomic E-state index is 9.34. The maximum Gasteiger partial charge on any atom is 0.167 e. The molecule has 0 unspecified atom stereocenters. The van der Waals surface area contributed by atoms with Crippen molar-refractivity contribution in [1.29, 1.82) is 0 Å². The first-order valence-corrected chi connectivity index (χ1v) is 6.19. The quantitative estimate of drug-likeness (QED) is 0.865. The fourth-order valence-corrected chi connectivity index (χ4v) is 1.92. The summed E-state index contributed by atoms with van der Waals surface area (Å²) in [6.45, 7) is 3.15. The number of aromatic nitrogens is 2. The summed E-state index contributed by atoms with van der Waals surface area (Å²) in [7, 11) is 1.58. The molecule has 0 saturated heterocycles. The van der Waals surface area contributed by atoms with Crippen LogP contribution in [0.1, 0.15) is 18.3 Å². The molecule has 1 heterocycles. The predicted molar refractivity (Wildman–Crippen MR) is 71.1 cm³/mol. The number of para-hydroxylation sites is 1. The predicted octanol–water partition coefficient (Wildman–Crippen LogP) is 1.98. The Morgan fingerprint density at radius 1 is 1.37 bits per heavy atom. The number of imidazole rings is 1. The summed E-state index contributed by atoms with van der Waals surface area (Å²) in [6.07, 6.45) is 3.66. The van der Waals surface area contributed by atoms with E-state index in [0.29, 0.717) is 23.7 Å². The number of aryl methyl sites for hydroxylation is 1. The molecule has 0 fully saturated rings. The normalized spacial score (nSPS) is 10.5. The van der Waals surface area contributed by atoms with Crippen LogP contribution in [0.5, 0.6) is 11.5 Å². The third-order valence-electron chi connectivity index (χ3n) is 2.94. The lowest BCUT2D eigenvalue weighted by Crippen LogP contribution is -2.07. The van der Waals surface area contributed by atoms with Crippen LogP contribution in [0.15, 0.2) is 30.6 Å². The highest BCUT2D eigenvalue weighted by Crippen LogP contribution is 2.31. The Morgan fingerprint density at radius 3 is 2.89 bits per heavy atom. The molecule has 5 nitrogen and oxygen atoms in total. The average Bonchev–Trinajstić information content (AvgIpc) is 2.91. The van der Waals surface area contributed by atoms with Gasteiger partial charge in [0.25, 0.3) is 0 Å². The highest BCUT2D eigenvalue weighted by molar-refractivity contribution is 5.46. The molecule has 0 bridgehead atoms. The van der Waals surface area contributed by atoms with Gasteiger partial charge in [0.05, 0.1) is 13.7 Å². The van der Waals surface area contributed by atoms with Crippen molar-refractivity contribution < 1.29 is 14.6 Å². The van der Waals surface area contributed by atoms with Gasteiger partial charge in [0, 0.05) is 24.5 Å². The van der Waals surface area contributed by atoms with Crippen molar-refractivity contribution in [3.8, 4) is 11.5 Å². The molecular formula is C14H18N2O3. The minimum atomic E-state index is -0.0885. The third-order valence-corrected chi connectivity index (χ3v) is 2.94. The number of nitrogens with zero attached hydrogens (tertiary/aromatic N) is 2. The molecule has 1 N–H and O–H groups in total. The summed E-state index contributed by atoms with van der Waals surface area (Å²) < 4.78 is 13.0. The minimum Gasteiger partial charge on any atom is -0.493 e. The van der Waals surface area contributed by atoms with Crippen molar-refractivity contribution in [3.63, 3.8) is 0 Å². The first-order valence-electron chi connectivity index (χ1n) is 6.19. The fraction of sp³-hybridized carbons (Fsp3) is 0.357. The largest absolute Gasteiger partial charge is 0.493 e. The Hall–Kier alpha value is -2.01.